The van der Waals surface area contributed by atoms with Crippen LogP contribution < -0.4 is 48.7 Å². The molecular formula is C56H82N10O11. The van der Waals surface area contributed by atoms with Crippen LogP contribution >= 0.6 is 0 Å². The van der Waals surface area contributed by atoms with Crippen molar-refractivity contribution in [1.82, 2.24) is 37.2 Å². The minimum atomic E-state index is -1.21. The van der Waals surface area contributed by atoms with Crippen molar-refractivity contribution in [3.8, 4) is 0 Å². The fourth-order valence-corrected chi connectivity index (χ4v) is 7.76. The molecule has 21 heteroatoms. The maximum absolute atomic E-state index is 14.0. The first-order valence-corrected chi connectivity index (χ1v) is 26.1. The lowest BCUT2D eigenvalue weighted by molar-refractivity contribution is -0.133. The summed E-state index contributed by atoms with van der Waals surface area (Å²) in [6.45, 7) is 12.8. The first-order chi connectivity index (χ1) is 36.4. The molecule has 7 amide bonds. The Morgan fingerprint density at radius 2 is 0.961 bits per heavy atom. The lowest BCUT2D eigenvalue weighted by Gasteiger charge is -2.37. The Bertz CT molecular complexity index is 2290. The van der Waals surface area contributed by atoms with Crippen molar-refractivity contribution in [3.63, 3.8) is 0 Å². The fourth-order valence-electron chi connectivity index (χ4n) is 7.76. The molecule has 0 aliphatic heterocycles. The number of benzene rings is 3. The van der Waals surface area contributed by atoms with Crippen molar-refractivity contribution < 1.29 is 52.6 Å². The van der Waals surface area contributed by atoms with Gasteiger partial charge in [0, 0.05) is 19.6 Å². The number of amidine groups is 1. The number of rotatable bonds is 31. The zero-order valence-corrected chi connectivity index (χ0v) is 46.0. The van der Waals surface area contributed by atoms with Crippen molar-refractivity contribution in [2.75, 3.05) is 39.3 Å². The molecule has 422 valence electrons. The number of amides is 7. The third kappa shape index (κ3) is 24.4. The summed E-state index contributed by atoms with van der Waals surface area (Å²) < 4.78 is 17.3. The molecule has 0 aliphatic rings. The minimum Gasteiger partial charge on any atom is -0.444 e. The van der Waals surface area contributed by atoms with Crippen LogP contribution in [0.15, 0.2) is 96.0 Å². The lowest BCUT2D eigenvalue weighted by Crippen LogP contribution is -2.56. The van der Waals surface area contributed by atoms with Gasteiger partial charge in [-0.15, -0.1) is 0 Å². The van der Waals surface area contributed by atoms with Gasteiger partial charge in [0.15, 0.2) is 5.78 Å². The molecular weight excluding hydrogens is 989 g/mol. The molecule has 3 rings (SSSR count). The molecule has 0 saturated carbocycles. The SMILES string of the molecule is CC(=O)C(COC(c1ccccc1)(c1ccccc1)c1ccccc1)NC(=O)CNC(=O)CNC(=O)C(CCCN=C(C)N)NC(=O)C(CCCCNC(=O)OC(C)(C)C)NC(=O)C(N)CCCCNC(=O)OC(C)(C)C. The maximum Gasteiger partial charge on any atom is 0.407 e. The van der Waals surface area contributed by atoms with Gasteiger partial charge in [0.2, 0.25) is 29.5 Å². The third-order valence-electron chi connectivity index (χ3n) is 11.5. The van der Waals surface area contributed by atoms with Gasteiger partial charge in [0.05, 0.1) is 31.6 Å². The van der Waals surface area contributed by atoms with Gasteiger partial charge in [0.1, 0.15) is 34.9 Å². The second-order valence-corrected chi connectivity index (χ2v) is 20.6. The molecule has 4 atom stereocenters. The molecule has 4 unspecified atom stereocenters. The molecule has 21 nitrogen and oxygen atoms in total. The van der Waals surface area contributed by atoms with Crippen LogP contribution in [0.2, 0.25) is 0 Å². The van der Waals surface area contributed by atoms with Crippen molar-refractivity contribution in [2.45, 2.75) is 148 Å². The summed E-state index contributed by atoms with van der Waals surface area (Å²) in [5.41, 5.74) is 11.8. The molecule has 11 N–H and O–H groups in total. The van der Waals surface area contributed by atoms with E-state index in [4.69, 9.17) is 25.7 Å². The van der Waals surface area contributed by atoms with Crippen LogP contribution in [0, 0.1) is 0 Å². The number of ketones is 1. The molecule has 0 saturated heterocycles. The van der Waals surface area contributed by atoms with Gasteiger partial charge < -0.3 is 62.9 Å². The molecule has 0 radical (unpaired) electrons. The van der Waals surface area contributed by atoms with Gasteiger partial charge in [-0.05, 0) is 123 Å². The Hall–Kier alpha value is -7.39. The van der Waals surface area contributed by atoms with Crippen molar-refractivity contribution >= 4 is 53.3 Å². The average molecular weight is 1070 g/mol. The summed E-state index contributed by atoms with van der Waals surface area (Å²) in [6, 6.07) is 24.1. The lowest BCUT2D eigenvalue weighted by atomic mass is 9.80. The van der Waals surface area contributed by atoms with E-state index in [0.29, 0.717) is 44.5 Å². The van der Waals surface area contributed by atoms with Crippen LogP contribution in [0.5, 0.6) is 0 Å². The van der Waals surface area contributed by atoms with Crippen molar-refractivity contribution in [1.29, 1.82) is 0 Å². The zero-order valence-electron chi connectivity index (χ0n) is 46.0. The number of nitrogens with zero attached hydrogens (tertiary/aromatic N) is 1. The highest BCUT2D eigenvalue weighted by Gasteiger charge is 2.39. The van der Waals surface area contributed by atoms with Gasteiger partial charge in [-0.2, -0.15) is 0 Å². The summed E-state index contributed by atoms with van der Waals surface area (Å²) in [5.74, 6) is -3.56. The highest BCUT2D eigenvalue weighted by atomic mass is 16.6. The number of carbonyl (C=O) groups excluding carboxylic acids is 8. The quantitative estimate of drug-likeness (QED) is 0.0190. The first-order valence-electron chi connectivity index (χ1n) is 26.1. The number of unbranched alkanes of at least 4 members (excludes halogenated alkanes) is 2. The number of alkyl carbamates (subject to hydrolysis) is 2. The van der Waals surface area contributed by atoms with E-state index >= 15 is 0 Å². The number of nitrogens with one attached hydrogen (secondary N) is 7. The van der Waals surface area contributed by atoms with Gasteiger partial charge in [-0.3, -0.25) is 33.8 Å². The Kier molecular flexibility index (Phi) is 26.8. The van der Waals surface area contributed by atoms with Gasteiger partial charge >= 0.3 is 12.2 Å². The molecule has 0 bridgehead atoms. The molecule has 3 aromatic carbocycles. The molecule has 0 fully saturated rings. The number of carbonyl (C=O) groups is 8. The second kappa shape index (κ2) is 32.3. The highest BCUT2D eigenvalue weighted by Crippen LogP contribution is 2.40. The monoisotopic (exact) mass is 1070 g/mol. The number of aliphatic imine (C=N–C) groups is 1. The smallest absolute Gasteiger partial charge is 0.407 e. The van der Waals surface area contributed by atoms with Gasteiger partial charge in [-0.1, -0.05) is 91.0 Å². The predicted molar refractivity (Wildman–Crippen MR) is 293 cm³/mol. The van der Waals surface area contributed by atoms with Gasteiger partial charge in [0.25, 0.3) is 0 Å². The zero-order chi connectivity index (χ0) is 57.0. The molecule has 77 heavy (non-hydrogen) atoms. The number of ether oxygens (including phenoxy) is 3. The first kappa shape index (κ1) is 63.9. The van der Waals surface area contributed by atoms with Crippen LogP contribution in [0.3, 0.4) is 0 Å². The van der Waals surface area contributed by atoms with E-state index in [0.717, 1.165) is 16.7 Å². The van der Waals surface area contributed by atoms with Crippen LogP contribution in [-0.2, 0) is 48.6 Å². The Balaban J connectivity index is 1.68. The molecule has 0 aromatic heterocycles. The summed E-state index contributed by atoms with van der Waals surface area (Å²) in [6.07, 6.45) is 1.24. The van der Waals surface area contributed by atoms with E-state index in [1.807, 2.05) is 91.0 Å². The van der Waals surface area contributed by atoms with Crippen molar-refractivity contribution in [3.05, 3.63) is 108 Å². The van der Waals surface area contributed by atoms with E-state index in [2.05, 4.69) is 42.2 Å². The minimum absolute atomic E-state index is 0.0598. The fraction of sp³-hybridized carbons (Fsp3) is 0.518. The van der Waals surface area contributed by atoms with Gasteiger partial charge in [-0.25, -0.2) is 9.59 Å². The van der Waals surface area contributed by atoms with E-state index in [-0.39, 0.29) is 44.7 Å². The number of hydrogen-bond donors (Lipinski definition) is 9. The van der Waals surface area contributed by atoms with E-state index in [1.165, 1.54) is 6.92 Å². The molecule has 3 aromatic rings. The standard InChI is InChI=1S/C56H82N10O11/c1-38(67)46(37-75-56(40-23-12-9-13-24-40,41-25-14-10-15-26-41)42-27-16-11-17-28-42)64-48(69)36-62-47(68)35-63-50(71)44(31-22-34-59-39(2)57)66-51(72)45(30-19-21-33-61-53(74)77-55(6,7)8)65-49(70)43(58)29-18-20-32-60-52(73)76-54(3,4)5/h9-17,23-28,43-46H,18-22,29-37,58H2,1-8H3,(H2,57,59)(H,60,73)(H,61,74)(H,62,68)(H,63,71)(H,64,69)(H,65,70)(H,66,72). The predicted octanol–water partition coefficient (Wildman–Crippen LogP) is 4.15. The Morgan fingerprint density at radius 1 is 0.519 bits per heavy atom. The maximum atomic E-state index is 14.0. The summed E-state index contributed by atoms with van der Waals surface area (Å²) in [7, 11) is 0. The largest absolute Gasteiger partial charge is 0.444 e. The Morgan fingerprint density at radius 3 is 1.43 bits per heavy atom. The second-order valence-electron chi connectivity index (χ2n) is 20.6. The van der Waals surface area contributed by atoms with Crippen molar-refractivity contribution in [2.24, 2.45) is 16.5 Å². The summed E-state index contributed by atoms with van der Waals surface area (Å²) >= 11 is 0. The van der Waals surface area contributed by atoms with Crippen LogP contribution in [-0.4, -0.2) is 128 Å². The molecule has 0 spiro atoms. The van der Waals surface area contributed by atoms with Crippen LogP contribution in [0.1, 0.15) is 123 Å². The van der Waals surface area contributed by atoms with Crippen LogP contribution in [0.4, 0.5) is 9.59 Å². The van der Waals surface area contributed by atoms with E-state index < -0.39 is 95.8 Å². The highest BCUT2D eigenvalue weighted by molar-refractivity contribution is 5.95. The third-order valence-corrected chi connectivity index (χ3v) is 11.5. The Labute approximate surface area is 452 Å². The topological polar surface area (TPSA) is 313 Å². The van der Waals surface area contributed by atoms with E-state index in [1.54, 1.807) is 48.5 Å². The van der Waals surface area contributed by atoms with E-state index in [9.17, 15) is 38.4 Å². The number of nitrogens with two attached hydrogens (primary N) is 2. The normalized spacial score (nSPS) is 13.3. The summed E-state index contributed by atoms with van der Waals surface area (Å²) in [4.78, 5) is 109. The summed E-state index contributed by atoms with van der Waals surface area (Å²) in [5, 5.41) is 18.4. The average Bonchev–Trinajstić information content (AvgIpc) is 3.37. The van der Waals surface area contributed by atoms with Crippen LogP contribution in [0.25, 0.3) is 0 Å². The number of Topliss-reactive ketones (excluding diaryl/α,β-unsaturated/α-hetero) is 1. The molecule has 0 aliphatic carbocycles. The number of hydrogen-bond acceptors (Lipinski definition) is 13. The molecule has 0 heterocycles.